The zero-order valence-corrected chi connectivity index (χ0v) is 16.5. The van der Waals surface area contributed by atoms with E-state index in [9.17, 15) is 13.6 Å². The van der Waals surface area contributed by atoms with E-state index in [-0.39, 0.29) is 18.2 Å². The maximum atomic E-state index is 12.7. The lowest BCUT2D eigenvalue weighted by Gasteiger charge is -2.12. The van der Waals surface area contributed by atoms with E-state index in [1.807, 2.05) is 59.2 Å². The molecule has 1 heterocycles. The molecule has 1 amide bonds. The summed E-state index contributed by atoms with van der Waals surface area (Å²) in [6, 6.07) is 23.2. The summed E-state index contributed by atoms with van der Waals surface area (Å²) < 4.78 is 30.7. The van der Waals surface area contributed by atoms with Gasteiger partial charge in [0.2, 0.25) is 11.9 Å². The number of nitrogens with zero attached hydrogens (tertiary/aromatic N) is 2. The number of nitrogens with one attached hydrogen (secondary N) is 2. The molecule has 0 radical (unpaired) electrons. The third kappa shape index (κ3) is 5.16. The summed E-state index contributed by atoms with van der Waals surface area (Å²) in [4.78, 5) is 17.3. The van der Waals surface area contributed by atoms with Gasteiger partial charge in [-0.15, -0.1) is 0 Å². The molecule has 0 saturated carbocycles. The Labute approximate surface area is 177 Å². The van der Waals surface area contributed by atoms with Crippen molar-refractivity contribution in [2.75, 3.05) is 10.6 Å². The minimum absolute atomic E-state index is 0.0287. The smallest absolute Gasteiger partial charge is 0.387 e. The van der Waals surface area contributed by atoms with Crippen LogP contribution in [0.3, 0.4) is 0 Å². The van der Waals surface area contributed by atoms with E-state index in [0.29, 0.717) is 18.2 Å². The number of aromatic nitrogens is 2. The second kappa shape index (κ2) is 9.25. The lowest BCUT2D eigenvalue weighted by Crippen LogP contribution is -2.20. The van der Waals surface area contributed by atoms with Gasteiger partial charge in [-0.05, 0) is 42.0 Å². The number of carbonyl (C=O) groups excluding carboxylic acids is 1. The number of fused-ring (bicyclic) bond motifs is 1. The van der Waals surface area contributed by atoms with Gasteiger partial charge in [0.25, 0.3) is 0 Å². The average Bonchev–Trinajstić information content (AvgIpc) is 3.11. The van der Waals surface area contributed by atoms with Crippen molar-refractivity contribution in [2.24, 2.45) is 0 Å². The summed E-state index contributed by atoms with van der Waals surface area (Å²) in [6.07, 6.45) is 0. The second-order valence-corrected chi connectivity index (χ2v) is 6.80. The summed E-state index contributed by atoms with van der Waals surface area (Å²) in [6.45, 7) is -2.29. The number of hydrogen-bond acceptors (Lipinski definition) is 4. The number of amides is 1. The number of anilines is 2. The SMILES string of the molecule is O=C(Cn1c(NCc2ccccc2)nc2ccccc21)Nc1ccc(OC(F)F)cc1. The van der Waals surface area contributed by atoms with Crippen LogP contribution in [0.4, 0.5) is 20.4 Å². The zero-order chi connectivity index (χ0) is 21.6. The minimum Gasteiger partial charge on any atom is -0.435 e. The van der Waals surface area contributed by atoms with Crippen LogP contribution in [0.2, 0.25) is 0 Å². The number of ether oxygens (including phenoxy) is 1. The van der Waals surface area contributed by atoms with Crippen LogP contribution in [0.5, 0.6) is 5.75 Å². The van der Waals surface area contributed by atoms with Gasteiger partial charge in [0.05, 0.1) is 11.0 Å². The molecule has 0 atom stereocenters. The first-order chi connectivity index (χ1) is 15.1. The first kappa shape index (κ1) is 20.3. The molecule has 0 fully saturated rings. The van der Waals surface area contributed by atoms with Crippen molar-refractivity contribution in [3.63, 3.8) is 0 Å². The van der Waals surface area contributed by atoms with Gasteiger partial charge < -0.3 is 19.9 Å². The van der Waals surface area contributed by atoms with Gasteiger partial charge in [-0.25, -0.2) is 4.98 Å². The highest BCUT2D eigenvalue weighted by molar-refractivity contribution is 5.92. The van der Waals surface area contributed by atoms with Crippen LogP contribution in [-0.2, 0) is 17.9 Å². The molecule has 8 heteroatoms. The first-order valence-electron chi connectivity index (χ1n) is 9.66. The highest BCUT2D eigenvalue weighted by Gasteiger charge is 2.14. The van der Waals surface area contributed by atoms with E-state index in [0.717, 1.165) is 16.6 Å². The van der Waals surface area contributed by atoms with Crippen molar-refractivity contribution < 1.29 is 18.3 Å². The molecule has 3 aromatic carbocycles. The van der Waals surface area contributed by atoms with E-state index in [1.54, 1.807) is 0 Å². The van der Waals surface area contributed by atoms with E-state index >= 15 is 0 Å². The van der Waals surface area contributed by atoms with E-state index in [4.69, 9.17) is 0 Å². The number of carbonyl (C=O) groups is 1. The predicted octanol–water partition coefficient (Wildman–Crippen LogP) is 4.89. The van der Waals surface area contributed by atoms with Crippen LogP contribution in [0.15, 0.2) is 78.9 Å². The van der Waals surface area contributed by atoms with Crippen molar-refractivity contribution >= 4 is 28.6 Å². The molecule has 0 aliphatic rings. The quantitative estimate of drug-likeness (QED) is 0.424. The van der Waals surface area contributed by atoms with Crippen molar-refractivity contribution in [1.29, 1.82) is 0 Å². The van der Waals surface area contributed by atoms with Crippen molar-refractivity contribution in [1.82, 2.24) is 9.55 Å². The molecule has 0 unspecified atom stereocenters. The Morgan fingerprint density at radius 1 is 0.968 bits per heavy atom. The molecule has 4 aromatic rings. The molecule has 0 aliphatic carbocycles. The van der Waals surface area contributed by atoms with Gasteiger partial charge in [0.15, 0.2) is 0 Å². The van der Waals surface area contributed by atoms with E-state index < -0.39 is 6.61 Å². The van der Waals surface area contributed by atoms with Crippen molar-refractivity contribution in [2.45, 2.75) is 19.7 Å². The van der Waals surface area contributed by atoms with Gasteiger partial charge in [0, 0.05) is 12.2 Å². The molecule has 0 spiro atoms. The van der Waals surface area contributed by atoms with Crippen LogP contribution in [0, 0.1) is 0 Å². The fraction of sp³-hybridized carbons (Fsp3) is 0.130. The van der Waals surface area contributed by atoms with Crippen LogP contribution in [0.1, 0.15) is 5.56 Å². The number of imidazole rings is 1. The Morgan fingerprint density at radius 2 is 1.68 bits per heavy atom. The molecule has 2 N–H and O–H groups in total. The maximum absolute atomic E-state index is 12.7. The molecule has 0 saturated heterocycles. The summed E-state index contributed by atoms with van der Waals surface area (Å²) in [5.41, 5.74) is 3.18. The average molecular weight is 422 g/mol. The van der Waals surface area contributed by atoms with Crippen LogP contribution in [0.25, 0.3) is 11.0 Å². The van der Waals surface area contributed by atoms with Gasteiger partial charge in [0.1, 0.15) is 12.3 Å². The fourth-order valence-corrected chi connectivity index (χ4v) is 3.21. The fourth-order valence-electron chi connectivity index (χ4n) is 3.21. The highest BCUT2D eigenvalue weighted by atomic mass is 19.3. The Hall–Kier alpha value is -3.94. The number of alkyl halides is 2. The highest BCUT2D eigenvalue weighted by Crippen LogP contribution is 2.21. The lowest BCUT2D eigenvalue weighted by molar-refractivity contribution is -0.116. The van der Waals surface area contributed by atoms with Crippen LogP contribution in [-0.4, -0.2) is 22.1 Å². The minimum atomic E-state index is -2.89. The lowest BCUT2D eigenvalue weighted by atomic mass is 10.2. The van der Waals surface area contributed by atoms with Crippen molar-refractivity contribution in [3.8, 4) is 5.75 Å². The molecule has 4 rings (SSSR count). The third-order valence-electron chi connectivity index (χ3n) is 4.61. The summed E-state index contributed by atoms with van der Waals surface area (Å²) in [7, 11) is 0. The molecular formula is C23H20F2N4O2. The molecule has 31 heavy (non-hydrogen) atoms. The molecule has 0 bridgehead atoms. The van der Waals surface area contributed by atoms with Crippen molar-refractivity contribution in [3.05, 3.63) is 84.4 Å². The van der Waals surface area contributed by atoms with Crippen LogP contribution < -0.4 is 15.4 Å². The second-order valence-electron chi connectivity index (χ2n) is 6.80. The van der Waals surface area contributed by atoms with Gasteiger partial charge in [-0.1, -0.05) is 42.5 Å². The van der Waals surface area contributed by atoms with Gasteiger partial charge in [-0.2, -0.15) is 8.78 Å². The Bertz CT molecular complexity index is 1160. The number of rotatable bonds is 8. The Balaban J connectivity index is 1.49. The number of halogens is 2. The standard InChI is InChI=1S/C23H20F2N4O2/c24-22(25)31-18-12-10-17(11-13-18)27-21(30)15-29-20-9-5-4-8-19(20)28-23(29)26-14-16-6-2-1-3-7-16/h1-13,22H,14-15H2,(H,26,28)(H,27,30). The summed E-state index contributed by atoms with van der Waals surface area (Å²) in [5.74, 6) is 0.343. The number of benzene rings is 3. The maximum Gasteiger partial charge on any atom is 0.387 e. The Morgan fingerprint density at radius 3 is 2.42 bits per heavy atom. The molecule has 0 aliphatic heterocycles. The largest absolute Gasteiger partial charge is 0.435 e. The number of para-hydroxylation sites is 2. The zero-order valence-electron chi connectivity index (χ0n) is 16.5. The van der Waals surface area contributed by atoms with E-state index in [2.05, 4.69) is 20.4 Å². The molecular weight excluding hydrogens is 402 g/mol. The van der Waals surface area contributed by atoms with Gasteiger partial charge >= 0.3 is 6.61 Å². The summed E-state index contributed by atoms with van der Waals surface area (Å²) >= 11 is 0. The third-order valence-corrected chi connectivity index (χ3v) is 4.61. The molecule has 158 valence electrons. The Kier molecular flexibility index (Phi) is 6.07. The first-order valence-corrected chi connectivity index (χ1v) is 9.66. The number of hydrogen-bond donors (Lipinski definition) is 2. The van der Waals surface area contributed by atoms with E-state index in [1.165, 1.54) is 24.3 Å². The topological polar surface area (TPSA) is 68.2 Å². The van der Waals surface area contributed by atoms with Gasteiger partial charge in [-0.3, -0.25) is 4.79 Å². The normalized spacial score (nSPS) is 10.9. The molecule has 6 nitrogen and oxygen atoms in total. The predicted molar refractivity (Wildman–Crippen MR) is 115 cm³/mol. The monoisotopic (exact) mass is 422 g/mol. The van der Waals surface area contributed by atoms with Crippen LogP contribution >= 0.6 is 0 Å². The molecule has 1 aromatic heterocycles. The summed E-state index contributed by atoms with van der Waals surface area (Å²) in [5, 5.41) is 6.07.